The van der Waals surface area contributed by atoms with Gasteiger partial charge in [0, 0.05) is 11.4 Å². The van der Waals surface area contributed by atoms with Gasteiger partial charge < -0.3 is 5.32 Å². The van der Waals surface area contributed by atoms with Crippen molar-refractivity contribution < 1.29 is 0 Å². The SMILES string of the molecule is C(=C1CCc2ccccc2N1)c1ccccc1. The number of anilines is 1. The first-order valence-electron chi connectivity index (χ1n) is 6.02. The van der Waals surface area contributed by atoms with Gasteiger partial charge in [-0.15, -0.1) is 0 Å². The van der Waals surface area contributed by atoms with Crippen LogP contribution in [0.1, 0.15) is 17.5 Å². The molecule has 0 bridgehead atoms. The Kier molecular flexibility index (Phi) is 2.66. The molecule has 2 aromatic carbocycles. The van der Waals surface area contributed by atoms with Crippen LogP contribution in [0.2, 0.25) is 0 Å². The molecule has 0 radical (unpaired) electrons. The molecule has 3 rings (SSSR count). The number of allylic oxidation sites excluding steroid dienone is 1. The highest BCUT2D eigenvalue weighted by atomic mass is 14.9. The number of benzene rings is 2. The van der Waals surface area contributed by atoms with E-state index in [1.807, 2.05) is 6.07 Å². The van der Waals surface area contributed by atoms with E-state index in [0.29, 0.717) is 0 Å². The Bertz CT molecular complexity index is 540. The first kappa shape index (κ1) is 10.2. The number of nitrogens with one attached hydrogen (secondary N) is 1. The van der Waals surface area contributed by atoms with Crippen molar-refractivity contribution in [1.29, 1.82) is 0 Å². The van der Waals surface area contributed by atoms with Crippen molar-refractivity contribution in [2.75, 3.05) is 5.32 Å². The highest BCUT2D eigenvalue weighted by Gasteiger charge is 2.10. The summed E-state index contributed by atoms with van der Waals surface area (Å²) in [6.45, 7) is 0. The smallest absolute Gasteiger partial charge is 0.0414 e. The van der Waals surface area contributed by atoms with Crippen molar-refractivity contribution in [3.8, 4) is 0 Å². The molecule has 0 aromatic heterocycles. The molecule has 0 fully saturated rings. The van der Waals surface area contributed by atoms with Gasteiger partial charge in [-0.1, -0.05) is 48.5 Å². The highest BCUT2D eigenvalue weighted by molar-refractivity contribution is 5.64. The topological polar surface area (TPSA) is 12.0 Å². The second kappa shape index (κ2) is 4.46. The summed E-state index contributed by atoms with van der Waals surface area (Å²) < 4.78 is 0. The Morgan fingerprint density at radius 3 is 2.47 bits per heavy atom. The van der Waals surface area contributed by atoms with Gasteiger partial charge >= 0.3 is 0 Å². The van der Waals surface area contributed by atoms with Gasteiger partial charge in [-0.05, 0) is 36.1 Å². The minimum absolute atomic E-state index is 1.09. The van der Waals surface area contributed by atoms with Gasteiger partial charge in [0.25, 0.3) is 0 Å². The van der Waals surface area contributed by atoms with Gasteiger partial charge in [0.2, 0.25) is 0 Å². The molecule has 0 aliphatic carbocycles. The summed E-state index contributed by atoms with van der Waals surface area (Å²) in [6.07, 6.45) is 4.45. The summed E-state index contributed by atoms with van der Waals surface area (Å²) in [6, 6.07) is 19.0. The monoisotopic (exact) mass is 221 g/mol. The van der Waals surface area contributed by atoms with Gasteiger partial charge in [-0.2, -0.15) is 0 Å². The standard InChI is InChI=1S/C16H15N/c1-2-6-13(7-3-1)12-15-11-10-14-8-4-5-9-16(14)17-15/h1-9,12,17H,10-11H2. The van der Waals surface area contributed by atoms with E-state index in [0.717, 1.165) is 12.8 Å². The Balaban J connectivity index is 1.87. The molecule has 0 spiro atoms. The minimum Gasteiger partial charge on any atom is -0.359 e. The summed E-state index contributed by atoms with van der Waals surface area (Å²) in [4.78, 5) is 0. The lowest BCUT2D eigenvalue weighted by molar-refractivity contribution is 0.921. The van der Waals surface area contributed by atoms with E-state index in [1.54, 1.807) is 0 Å². The molecule has 1 heterocycles. The molecule has 0 unspecified atom stereocenters. The average Bonchev–Trinajstić information content (AvgIpc) is 2.40. The second-order valence-electron chi connectivity index (χ2n) is 4.36. The van der Waals surface area contributed by atoms with E-state index in [1.165, 1.54) is 22.5 Å². The highest BCUT2D eigenvalue weighted by Crippen LogP contribution is 2.27. The predicted octanol–water partition coefficient (Wildman–Crippen LogP) is 4.09. The molecule has 1 aliphatic heterocycles. The van der Waals surface area contributed by atoms with E-state index in [2.05, 4.69) is 59.9 Å². The Labute approximate surface area is 102 Å². The molecule has 2 aromatic rings. The molecule has 1 nitrogen and oxygen atoms in total. The molecule has 17 heavy (non-hydrogen) atoms. The number of para-hydroxylation sites is 1. The van der Waals surface area contributed by atoms with Crippen molar-refractivity contribution in [2.45, 2.75) is 12.8 Å². The maximum Gasteiger partial charge on any atom is 0.0414 e. The van der Waals surface area contributed by atoms with Crippen molar-refractivity contribution in [3.63, 3.8) is 0 Å². The maximum atomic E-state index is 3.51. The second-order valence-corrected chi connectivity index (χ2v) is 4.36. The van der Waals surface area contributed by atoms with Crippen LogP contribution >= 0.6 is 0 Å². The van der Waals surface area contributed by atoms with Crippen LogP contribution in [0.15, 0.2) is 60.3 Å². The van der Waals surface area contributed by atoms with Crippen LogP contribution in [0.25, 0.3) is 6.08 Å². The first-order valence-corrected chi connectivity index (χ1v) is 6.02. The van der Waals surface area contributed by atoms with Crippen LogP contribution < -0.4 is 5.32 Å². The van der Waals surface area contributed by atoms with Gasteiger partial charge in [0.1, 0.15) is 0 Å². The van der Waals surface area contributed by atoms with E-state index in [4.69, 9.17) is 0 Å². The molecule has 0 saturated heterocycles. The van der Waals surface area contributed by atoms with E-state index in [9.17, 15) is 0 Å². The lowest BCUT2D eigenvalue weighted by atomic mass is 10.0. The maximum absolute atomic E-state index is 3.51. The van der Waals surface area contributed by atoms with Crippen LogP contribution in [0.3, 0.4) is 0 Å². The Hall–Kier alpha value is -2.02. The molecule has 0 amide bonds. The fourth-order valence-corrected chi connectivity index (χ4v) is 2.22. The zero-order chi connectivity index (χ0) is 11.5. The summed E-state index contributed by atoms with van der Waals surface area (Å²) in [7, 11) is 0. The van der Waals surface area contributed by atoms with Crippen LogP contribution in [0, 0.1) is 0 Å². The average molecular weight is 221 g/mol. The molecule has 0 saturated carbocycles. The largest absolute Gasteiger partial charge is 0.359 e. The predicted molar refractivity (Wildman–Crippen MR) is 72.8 cm³/mol. The van der Waals surface area contributed by atoms with Crippen molar-refractivity contribution in [2.24, 2.45) is 0 Å². The third-order valence-corrected chi connectivity index (χ3v) is 3.12. The van der Waals surface area contributed by atoms with Crippen molar-refractivity contribution in [3.05, 3.63) is 71.4 Å². The number of hydrogen-bond donors (Lipinski definition) is 1. The van der Waals surface area contributed by atoms with Crippen LogP contribution in [-0.4, -0.2) is 0 Å². The van der Waals surface area contributed by atoms with Crippen LogP contribution in [0.5, 0.6) is 0 Å². The number of fused-ring (bicyclic) bond motifs is 1. The first-order chi connectivity index (χ1) is 8.42. The summed E-state index contributed by atoms with van der Waals surface area (Å²) in [5, 5.41) is 3.51. The van der Waals surface area contributed by atoms with E-state index >= 15 is 0 Å². The lowest BCUT2D eigenvalue weighted by Gasteiger charge is -2.20. The summed E-state index contributed by atoms with van der Waals surface area (Å²) >= 11 is 0. The molecule has 1 aliphatic rings. The van der Waals surface area contributed by atoms with Gasteiger partial charge in [0.15, 0.2) is 0 Å². The zero-order valence-electron chi connectivity index (χ0n) is 9.69. The normalized spacial score (nSPS) is 16.4. The van der Waals surface area contributed by atoms with Crippen LogP contribution in [-0.2, 0) is 6.42 Å². The third-order valence-electron chi connectivity index (χ3n) is 3.12. The molecule has 84 valence electrons. The van der Waals surface area contributed by atoms with Crippen LogP contribution in [0.4, 0.5) is 5.69 Å². The van der Waals surface area contributed by atoms with Crippen molar-refractivity contribution in [1.82, 2.24) is 0 Å². The number of rotatable bonds is 1. The molecule has 0 atom stereocenters. The van der Waals surface area contributed by atoms with Gasteiger partial charge in [-0.25, -0.2) is 0 Å². The number of hydrogen-bond acceptors (Lipinski definition) is 1. The Morgan fingerprint density at radius 2 is 1.59 bits per heavy atom. The van der Waals surface area contributed by atoms with Gasteiger partial charge in [-0.3, -0.25) is 0 Å². The molecular weight excluding hydrogens is 206 g/mol. The summed E-state index contributed by atoms with van der Waals surface area (Å²) in [5.74, 6) is 0. The molecule has 1 heteroatoms. The fraction of sp³-hybridized carbons (Fsp3) is 0.125. The summed E-state index contributed by atoms with van der Waals surface area (Å²) in [5.41, 5.74) is 5.22. The minimum atomic E-state index is 1.09. The van der Waals surface area contributed by atoms with Gasteiger partial charge in [0.05, 0.1) is 0 Å². The molecular formula is C16H15N. The quantitative estimate of drug-likeness (QED) is 0.765. The van der Waals surface area contributed by atoms with E-state index < -0.39 is 0 Å². The molecule has 1 N–H and O–H groups in total. The van der Waals surface area contributed by atoms with E-state index in [-0.39, 0.29) is 0 Å². The third kappa shape index (κ3) is 2.23. The Morgan fingerprint density at radius 1 is 0.824 bits per heavy atom. The van der Waals surface area contributed by atoms with Crippen molar-refractivity contribution >= 4 is 11.8 Å². The zero-order valence-corrected chi connectivity index (χ0v) is 9.69. The lowest BCUT2D eigenvalue weighted by Crippen LogP contribution is -2.09. The fourth-order valence-electron chi connectivity index (χ4n) is 2.22. The number of aryl methyl sites for hydroxylation is 1.